The summed E-state index contributed by atoms with van der Waals surface area (Å²) in [4.78, 5) is 4.34. The van der Waals surface area contributed by atoms with Gasteiger partial charge in [-0.3, -0.25) is 0 Å². The number of benzene rings is 1. The van der Waals surface area contributed by atoms with Gasteiger partial charge in [0.1, 0.15) is 0 Å². The Hall–Kier alpha value is -1.64. The Bertz CT molecular complexity index is 745. The number of aromatic nitrogens is 4. The van der Waals surface area contributed by atoms with E-state index in [9.17, 15) is 0 Å². The van der Waals surface area contributed by atoms with E-state index < -0.39 is 0 Å². The summed E-state index contributed by atoms with van der Waals surface area (Å²) >= 11 is 8.74. The summed E-state index contributed by atoms with van der Waals surface area (Å²) in [5, 5.41) is 12.8. The second-order valence-corrected chi connectivity index (χ2v) is 6.77. The van der Waals surface area contributed by atoms with Gasteiger partial charge in [0.25, 0.3) is 0 Å². The van der Waals surface area contributed by atoms with Crippen molar-refractivity contribution in [3.63, 3.8) is 0 Å². The minimum absolute atomic E-state index is 0.449. The lowest BCUT2D eigenvalue weighted by Gasteiger charge is -1.96. The topological polar surface area (TPSA) is 90.7 Å². The van der Waals surface area contributed by atoms with Crippen molar-refractivity contribution in [1.29, 1.82) is 0 Å². The summed E-state index contributed by atoms with van der Waals surface area (Å²) in [7, 11) is 0. The standard InChI is InChI=1S/C12H10ClN5OS2/c13-8-3-1-2-7(4-8)5-9-15-10(19-18-9)6-20-12-17-16-11(14)21-12/h1-4H,5-6H2,(H2,14,16). The number of nitrogen functional groups attached to an aromatic ring is 1. The molecule has 0 saturated carbocycles. The fourth-order valence-electron chi connectivity index (χ4n) is 1.65. The summed E-state index contributed by atoms with van der Waals surface area (Å²) in [5.41, 5.74) is 6.56. The molecule has 0 atom stereocenters. The predicted molar refractivity (Wildman–Crippen MR) is 82.4 cm³/mol. The second-order valence-electron chi connectivity index (χ2n) is 4.11. The molecule has 0 aliphatic rings. The van der Waals surface area contributed by atoms with Gasteiger partial charge >= 0.3 is 0 Å². The number of nitrogens with two attached hydrogens (primary N) is 1. The molecule has 3 aromatic rings. The van der Waals surface area contributed by atoms with E-state index in [-0.39, 0.29) is 0 Å². The van der Waals surface area contributed by atoms with Crippen molar-refractivity contribution in [2.24, 2.45) is 0 Å². The number of halogens is 1. The van der Waals surface area contributed by atoms with Gasteiger partial charge in [-0.05, 0) is 17.7 Å². The van der Waals surface area contributed by atoms with Crippen molar-refractivity contribution in [1.82, 2.24) is 20.3 Å². The first kappa shape index (κ1) is 14.3. The maximum Gasteiger partial charge on any atom is 0.237 e. The zero-order chi connectivity index (χ0) is 14.7. The predicted octanol–water partition coefficient (Wildman–Crippen LogP) is 3.04. The third-order valence-corrected chi connectivity index (χ3v) is 4.61. The molecule has 0 amide bonds. The SMILES string of the molecule is Nc1nnc(SCc2nc(Cc3cccc(Cl)c3)no2)s1. The summed E-state index contributed by atoms with van der Waals surface area (Å²) < 4.78 is 5.99. The van der Waals surface area contributed by atoms with E-state index in [0.29, 0.717) is 34.0 Å². The molecular formula is C12H10ClN5OS2. The van der Waals surface area contributed by atoms with Crippen molar-refractivity contribution in [3.05, 3.63) is 46.6 Å². The summed E-state index contributed by atoms with van der Waals surface area (Å²) in [6.07, 6.45) is 0.584. The normalized spacial score (nSPS) is 10.9. The van der Waals surface area contributed by atoms with E-state index in [2.05, 4.69) is 20.3 Å². The molecule has 0 aliphatic heterocycles. The average molecular weight is 340 g/mol. The monoisotopic (exact) mass is 339 g/mol. The Balaban J connectivity index is 1.61. The number of thioether (sulfide) groups is 1. The molecule has 0 fully saturated rings. The molecule has 9 heteroatoms. The molecule has 2 heterocycles. The zero-order valence-corrected chi connectivity index (χ0v) is 13.1. The maximum atomic E-state index is 5.95. The lowest BCUT2D eigenvalue weighted by Crippen LogP contribution is -1.91. The summed E-state index contributed by atoms with van der Waals surface area (Å²) in [6, 6.07) is 7.59. The molecule has 21 heavy (non-hydrogen) atoms. The average Bonchev–Trinajstić information content (AvgIpc) is 3.06. The van der Waals surface area contributed by atoms with E-state index >= 15 is 0 Å². The Kier molecular flexibility index (Phi) is 4.37. The van der Waals surface area contributed by atoms with Gasteiger partial charge in [-0.1, -0.05) is 52.0 Å². The summed E-state index contributed by atoms with van der Waals surface area (Å²) in [5.74, 6) is 1.72. The van der Waals surface area contributed by atoms with Gasteiger partial charge in [0.2, 0.25) is 11.0 Å². The summed E-state index contributed by atoms with van der Waals surface area (Å²) in [6.45, 7) is 0. The number of anilines is 1. The maximum absolute atomic E-state index is 5.95. The minimum Gasteiger partial charge on any atom is -0.374 e. The first-order chi connectivity index (χ1) is 10.2. The third kappa shape index (κ3) is 3.93. The van der Waals surface area contributed by atoms with E-state index in [0.717, 1.165) is 9.90 Å². The number of hydrogen-bond donors (Lipinski definition) is 1. The lowest BCUT2D eigenvalue weighted by molar-refractivity contribution is 0.386. The van der Waals surface area contributed by atoms with Crippen LogP contribution < -0.4 is 5.73 Å². The molecule has 3 rings (SSSR count). The molecule has 0 bridgehead atoms. The highest BCUT2D eigenvalue weighted by Gasteiger charge is 2.10. The Morgan fingerprint density at radius 2 is 2.24 bits per heavy atom. The molecule has 6 nitrogen and oxygen atoms in total. The van der Waals surface area contributed by atoms with Crippen LogP contribution in [0.15, 0.2) is 33.1 Å². The van der Waals surface area contributed by atoms with Crippen LogP contribution in [0.3, 0.4) is 0 Å². The largest absolute Gasteiger partial charge is 0.374 e. The molecule has 2 aromatic heterocycles. The Labute approximate surface area is 133 Å². The van der Waals surface area contributed by atoms with Crippen molar-refractivity contribution in [3.8, 4) is 0 Å². The fourth-order valence-corrected chi connectivity index (χ4v) is 3.34. The first-order valence-corrected chi connectivity index (χ1v) is 8.15. The highest BCUT2D eigenvalue weighted by Crippen LogP contribution is 2.26. The molecule has 108 valence electrons. The highest BCUT2D eigenvalue weighted by atomic mass is 35.5. The van der Waals surface area contributed by atoms with Crippen LogP contribution in [0.5, 0.6) is 0 Å². The van der Waals surface area contributed by atoms with Gasteiger partial charge in [0.15, 0.2) is 10.2 Å². The van der Waals surface area contributed by atoms with Gasteiger partial charge in [-0.2, -0.15) is 4.98 Å². The third-order valence-electron chi connectivity index (χ3n) is 2.50. The van der Waals surface area contributed by atoms with Crippen molar-refractivity contribution in [2.45, 2.75) is 16.5 Å². The molecule has 0 saturated heterocycles. The van der Waals surface area contributed by atoms with Crippen molar-refractivity contribution >= 4 is 39.8 Å². The van der Waals surface area contributed by atoms with Crippen LogP contribution in [0.25, 0.3) is 0 Å². The number of rotatable bonds is 5. The minimum atomic E-state index is 0.449. The second kappa shape index (κ2) is 6.42. The van der Waals surface area contributed by atoms with E-state index in [4.69, 9.17) is 21.9 Å². The van der Waals surface area contributed by atoms with Crippen LogP contribution in [0.4, 0.5) is 5.13 Å². The van der Waals surface area contributed by atoms with Gasteiger partial charge in [-0.15, -0.1) is 10.2 Å². The van der Waals surface area contributed by atoms with Crippen LogP contribution in [-0.2, 0) is 12.2 Å². The van der Waals surface area contributed by atoms with Gasteiger partial charge in [0, 0.05) is 11.4 Å². The van der Waals surface area contributed by atoms with E-state index in [1.807, 2.05) is 24.3 Å². The number of hydrogen-bond acceptors (Lipinski definition) is 8. The van der Waals surface area contributed by atoms with Crippen molar-refractivity contribution < 1.29 is 4.52 Å². The fraction of sp³-hybridized carbons (Fsp3) is 0.167. The Morgan fingerprint density at radius 1 is 1.33 bits per heavy atom. The highest BCUT2D eigenvalue weighted by molar-refractivity contribution is 8.00. The Morgan fingerprint density at radius 3 is 3.00 bits per heavy atom. The van der Waals surface area contributed by atoms with Crippen molar-refractivity contribution in [2.75, 3.05) is 5.73 Å². The first-order valence-electron chi connectivity index (χ1n) is 5.97. The molecule has 0 radical (unpaired) electrons. The molecule has 2 N–H and O–H groups in total. The number of nitrogens with zero attached hydrogens (tertiary/aromatic N) is 4. The molecule has 0 unspecified atom stereocenters. The van der Waals surface area contributed by atoms with Crippen LogP contribution in [0.1, 0.15) is 17.3 Å². The quantitative estimate of drug-likeness (QED) is 0.714. The van der Waals surface area contributed by atoms with Crippen LogP contribution in [0.2, 0.25) is 5.02 Å². The van der Waals surface area contributed by atoms with Crippen LogP contribution in [-0.4, -0.2) is 20.3 Å². The van der Waals surface area contributed by atoms with Gasteiger partial charge < -0.3 is 10.3 Å². The molecule has 0 aliphatic carbocycles. The van der Waals surface area contributed by atoms with E-state index in [1.54, 1.807) is 0 Å². The molecular weight excluding hydrogens is 330 g/mol. The van der Waals surface area contributed by atoms with E-state index in [1.165, 1.54) is 23.1 Å². The van der Waals surface area contributed by atoms with Gasteiger partial charge in [0.05, 0.1) is 5.75 Å². The van der Waals surface area contributed by atoms with Crippen LogP contribution >= 0.6 is 34.7 Å². The zero-order valence-electron chi connectivity index (χ0n) is 10.7. The molecule has 1 aromatic carbocycles. The molecule has 0 spiro atoms. The lowest BCUT2D eigenvalue weighted by atomic mass is 10.1. The smallest absolute Gasteiger partial charge is 0.237 e. The van der Waals surface area contributed by atoms with Gasteiger partial charge in [-0.25, -0.2) is 0 Å². The van der Waals surface area contributed by atoms with Crippen LogP contribution in [0, 0.1) is 0 Å².